The number of hydrogen-bond acceptors (Lipinski definition) is 2. The molecule has 26 heavy (non-hydrogen) atoms. The van der Waals surface area contributed by atoms with Crippen molar-refractivity contribution in [1.82, 2.24) is 9.80 Å². The fourth-order valence-corrected chi connectivity index (χ4v) is 4.06. The van der Waals surface area contributed by atoms with E-state index in [1.54, 1.807) is 4.90 Å². The second-order valence-corrected chi connectivity index (χ2v) is 7.42. The molecule has 2 aliphatic heterocycles. The van der Waals surface area contributed by atoms with Crippen molar-refractivity contribution in [3.05, 3.63) is 35.4 Å². The Kier molecular flexibility index (Phi) is 5.28. The molecule has 1 amide bonds. The molecule has 2 saturated heterocycles. The van der Waals surface area contributed by atoms with E-state index in [1.807, 2.05) is 11.8 Å². The average molecular weight is 372 g/mol. The molecule has 0 aliphatic carbocycles. The highest BCUT2D eigenvalue weighted by molar-refractivity contribution is 5.79. The highest BCUT2D eigenvalue weighted by atomic mass is 19.4. The normalized spacial score (nSPS) is 27.7. The number of likely N-dealkylation sites (tertiary alicyclic amines) is 2. The minimum atomic E-state index is -4.38. The molecule has 0 aromatic heterocycles. The van der Waals surface area contributed by atoms with E-state index in [4.69, 9.17) is 0 Å². The largest absolute Gasteiger partial charge is 0.416 e. The van der Waals surface area contributed by atoms with Gasteiger partial charge in [-0.1, -0.05) is 12.1 Å². The van der Waals surface area contributed by atoms with Crippen molar-refractivity contribution in [2.75, 3.05) is 19.6 Å². The second-order valence-electron chi connectivity index (χ2n) is 7.42. The predicted octanol–water partition coefficient (Wildman–Crippen LogP) is 4.02. The number of piperidine rings is 1. The van der Waals surface area contributed by atoms with E-state index >= 15 is 0 Å². The molecule has 1 aromatic rings. The first-order valence-corrected chi connectivity index (χ1v) is 9.06. The van der Waals surface area contributed by atoms with Crippen molar-refractivity contribution >= 4 is 5.91 Å². The Hall–Kier alpha value is -1.63. The van der Waals surface area contributed by atoms with Gasteiger partial charge in [-0.05, 0) is 50.3 Å². The van der Waals surface area contributed by atoms with E-state index in [9.17, 15) is 22.4 Å². The van der Waals surface area contributed by atoms with Gasteiger partial charge in [0.2, 0.25) is 5.91 Å². The fourth-order valence-electron chi connectivity index (χ4n) is 4.06. The van der Waals surface area contributed by atoms with Crippen LogP contribution in [0.15, 0.2) is 24.3 Å². The zero-order chi connectivity index (χ0) is 18.9. The van der Waals surface area contributed by atoms with Gasteiger partial charge in [0.1, 0.15) is 6.17 Å². The van der Waals surface area contributed by atoms with Crippen LogP contribution in [-0.4, -0.2) is 47.2 Å². The lowest BCUT2D eigenvalue weighted by molar-refractivity contribution is -0.149. The van der Waals surface area contributed by atoms with Crippen LogP contribution in [0.1, 0.15) is 43.7 Å². The van der Waals surface area contributed by atoms with Crippen LogP contribution in [0.5, 0.6) is 0 Å². The van der Waals surface area contributed by atoms with Crippen LogP contribution in [0.3, 0.4) is 0 Å². The molecular formula is C19H24F4N2O. The third-order valence-electron chi connectivity index (χ3n) is 5.61. The van der Waals surface area contributed by atoms with Gasteiger partial charge in [-0.15, -0.1) is 0 Å². The maximum Gasteiger partial charge on any atom is 0.416 e. The van der Waals surface area contributed by atoms with Crippen molar-refractivity contribution in [1.29, 1.82) is 0 Å². The van der Waals surface area contributed by atoms with Gasteiger partial charge in [-0.3, -0.25) is 9.69 Å². The molecule has 2 aliphatic rings. The Morgan fingerprint density at radius 3 is 2.46 bits per heavy atom. The van der Waals surface area contributed by atoms with Crippen molar-refractivity contribution < 1.29 is 22.4 Å². The third kappa shape index (κ3) is 3.87. The molecular weight excluding hydrogens is 348 g/mol. The average Bonchev–Trinajstić information content (AvgIpc) is 3.02. The molecule has 0 radical (unpaired) electrons. The molecule has 2 atom stereocenters. The Labute approximate surface area is 151 Å². The summed E-state index contributed by atoms with van der Waals surface area (Å²) in [5.74, 6) is -0.116. The summed E-state index contributed by atoms with van der Waals surface area (Å²) in [6, 6.07) is 4.73. The van der Waals surface area contributed by atoms with Crippen LogP contribution < -0.4 is 0 Å². The minimum absolute atomic E-state index is 0.0562. The molecule has 2 heterocycles. The number of alkyl halides is 4. The van der Waals surface area contributed by atoms with Gasteiger partial charge >= 0.3 is 6.18 Å². The zero-order valence-corrected chi connectivity index (χ0v) is 14.9. The number of rotatable bonds is 3. The summed E-state index contributed by atoms with van der Waals surface area (Å²) in [6.45, 7) is 3.54. The number of benzene rings is 1. The Balaban J connectivity index is 1.72. The smallest absolute Gasteiger partial charge is 0.324 e. The lowest BCUT2D eigenvalue weighted by Crippen LogP contribution is -2.62. The molecule has 7 heteroatoms. The molecule has 0 spiro atoms. The molecule has 144 valence electrons. The second kappa shape index (κ2) is 7.18. The summed E-state index contributed by atoms with van der Waals surface area (Å²) in [7, 11) is 0. The molecule has 1 aromatic carbocycles. The van der Waals surface area contributed by atoms with E-state index < -0.39 is 23.6 Å². The van der Waals surface area contributed by atoms with Crippen molar-refractivity contribution in [3.63, 3.8) is 0 Å². The maximum atomic E-state index is 13.7. The summed E-state index contributed by atoms with van der Waals surface area (Å²) >= 11 is 0. The molecule has 0 bridgehead atoms. The number of carbonyl (C=O) groups excluding carboxylic acids is 1. The minimum Gasteiger partial charge on any atom is -0.324 e. The van der Waals surface area contributed by atoms with Crippen LogP contribution in [0, 0.1) is 0 Å². The van der Waals surface area contributed by atoms with Crippen molar-refractivity contribution in [3.8, 4) is 0 Å². The predicted molar refractivity (Wildman–Crippen MR) is 90.2 cm³/mol. The molecule has 0 N–H and O–H groups in total. The lowest BCUT2D eigenvalue weighted by atomic mass is 9.94. The highest BCUT2D eigenvalue weighted by Crippen LogP contribution is 2.35. The van der Waals surface area contributed by atoms with Gasteiger partial charge in [0.05, 0.1) is 17.6 Å². The zero-order valence-electron chi connectivity index (χ0n) is 14.9. The van der Waals surface area contributed by atoms with E-state index in [0.29, 0.717) is 31.6 Å². The van der Waals surface area contributed by atoms with Crippen molar-refractivity contribution in [2.45, 2.75) is 57.0 Å². The topological polar surface area (TPSA) is 23.6 Å². The van der Waals surface area contributed by atoms with Crippen LogP contribution >= 0.6 is 0 Å². The summed E-state index contributed by atoms with van der Waals surface area (Å²) in [4.78, 5) is 16.7. The van der Waals surface area contributed by atoms with Gasteiger partial charge in [0, 0.05) is 19.6 Å². The number of amides is 1. The van der Waals surface area contributed by atoms with Crippen LogP contribution in [-0.2, 0) is 17.4 Å². The van der Waals surface area contributed by atoms with Gasteiger partial charge in [0.15, 0.2) is 0 Å². The standard InChI is InChI=1S/C19H24F4N2O/c1-18(24-11-8-16(20)13-24)9-2-3-10-25(18)17(26)12-14-4-6-15(7-5-14)19(21,22)23/h4-7,16H,2-3,8-13H2,1H3. The van der Waals surface area contributed by atoms with E-state index in [2.05, 4.69) is 0 Å². The van der Waals surface area contributed by atoms with Gasteiger partial charge < -0.3 is 4.90 Å². The van der Waals surface area contributed by atoms with E-state index in [1.165, 1.54) is 12.1 Å². The first kappa shape index (κ1) is 19.1. The highest BCUT2D eigenvalue weighted by Gasteiger charge is 2.44. The fraction of sp³-hybridized carbons (Fsp3) is 0.632. The maximum absolute atomic E-state index is 13.7. The summed E-state index contributed by atoms with van der Waals surface area (Å²) < 4.78 is 51.7. The number of nitrogens with zero attached hydrogens (tertiary/aromatic N) is 2. The van der Waals surface area contributed by atoms with Gasteiger partial charge in [-0.25, -0.2) is 4.39 Å². The van der Waals surface area contributed by atoms with E-state index in [-0.39, 0.29) is 12.3 Å². The molecule has 2 unspecified atom stereocenters. The SMILES string of the molecule is CC1(N2CCC(F)C2)CCCCN1C(=O)Cc1ccc(C(F)(F)F)cc1. The number of carbonyl (C=O) groups is 1. The van der Waals surface area contributed by atoms with Crippen LogP contribution in [0.4, 0.5) is 17.6 Å². The van der Waals surface area contributed by atoms with Crippen molar-refractivity contribution in [2.24, 2.45) is 0 Å². The monoisotopic (exact) mass is 372 g/mol. The van der Waals surface area contributed by atoms with Crippen LogP contribution in [0.2, 0.25) is 0 Å². The van der Waals surface area contributed by atoms with Crippen LogP contribution in [0.25, 0.3) is 0 Å². The Morgan fingerprint density at radius 1 is 1.19 bits per heavy atom. The Bertz CT molecular complexity index is 646. The Morgan fingerprint density at radius 2 is 1.88 bits per heavy atom. The molecule has 0 saturated carbocycles. The summed E-state index contributed by atoms with van der Waals surface area (Å²) in [6.07, 6.45) is -2.04. The molecule has 3 nitrogen and oxygen atoms in total. The molecule has 2 fully saturated rings. The van der Waals surface area contributed by atoms with Gasteiger partial charge in [-0.2, -0.15) is 13.2 Å². The lowest BCUT2D eigenvalue weighted by Gasteiger charge is -2.50. The summed E-state index contributed by atoms with van der Waals surface area (Å²) in [5.41, 5.74) is -0.675. The summed E-state index contributed by atoms with van der Waals surface area (Å²) in [5, 5.41) is 0. The number of halogens is 4. The van der Waals surface area contributed by atoms with Gasteiger partial charge in [0.25, 0.3) is 0 Å². The third-order valence-corrected chi connectivity index (χ3v) is 5.61. The first-order chi connectivity index (χ1) is 12.2. The van der Waals surface area contributed by atoms with E-state index in [0.717, 1.165) is 31.4 Å². The quantitative estimate of drug-likeness (QED) is 0.749. The first-order valence-electron chi connectivity index (χ1n) is 9.06. The molecule has 3 rings (SSSR count). The number of hydrogen-bond donors (Lipinski definition) is 0.